The third-order valence-electron chi connectivity index (χ3n) is 5.54. The lowest BCUT2D eigenvalue weighted by Gasteiger charge is -2.21. The van der Waals surface area contributed by atoms with E-state index in [9.17, 15) is 4.79 Å². The minimum absolute atomic E-state index is 0.165. The molecule has 0 bridgehead atoms. The molecule has 4 rings (SSSR count). The highest BCUT2D eigenvalue weighted by atomic mass is 16.5. The first-order chi connectivity index (χ1) is 15.6. The number of methoxy groups -OCH3 is 2. The number of hydrogen-bond donors (Lipinski definition) is 0. The first-order valence-electron chi connectivity index (χ1n) is 10.5. The number of carbonyl (C=O) groups excluding carboxylic acids is 1. The maximum Gasteiger partial charge on any atom is 0.267 e. The van der Waals surface area contributed by atoms with Gasteiger partial charge >= 0.3 is 0 Å². The van der Waals surface area contributed by atoms with Crippen LogP contribution >= 0.6 is 0 Å². The molecule has 0 spiro atoms. The van der Waals surface area contributed by atoms with Gasteiger partial charge < -0.3 is 9.47 Å². The number of hydrogen-bond acceptors (Lipinski definition) is 4. The summed E-state index contributed by atoms with van der Waals surface area (Å²) in [4.78, 5) is 13.2. The first kappa shape index (κ1) is 21.4. The Hall–Kier alpha value is -3.86. The highest BCUT2D eigenvalue weighted by Gasteiger charge is 2.33. The van der Waals surface area contributed by atoms with Crippen molar-refractivity contribution in [3.05, 3.63) is 101 Å². The molecule has 1 amide bonds. The monoisotopic (exact) mass is 426 g/mol. The van der Waals surface area contributed by atoms with Gasteiger partial charge in [-0.2, -0.15) is 5.10 Å². The van der Waals surface area contributed by atoms with Gasteiger partial charge in [0.2, 0.25) is 0 Å². The molecule has 1 atom stereocenters. The number of hydrazone groups is 1. The Balaban J connectivity index is 1.69. The molecule has 0 aliphatic carbocycles. The minimum Gasteiger partial charge on any atom is -0.497 e. The largest absolute Gasteiger partial charge is 0.497 e. The lowest BCUT2D eigenvalue weighted by Crippen LogP contribution is -2.25. The van der Waals surface area contributed by atoms with Gasteiger partial charge in [0, 0.05) is 24.1 Å². The Bertz CT molecular complexity index is 1150. The lowest BCUT2D eigenvalue weighted by atomic mass is 9.97. The third kappa shape index (κ3) is 4.57. The molecular formula is C27H26N2O3. The van der Waals surface area contributed by atoms with Crippen molar-refractivity contribution in [3.63, 3.8) is 0 Å². The standard InChI is InChI=1S/C27H26N2O3/c1-19-9-12-21(13-10-19)25-18-24(23-15-14-22(31-2)17-26(23)32-3)28-29(25)27(30)16-11-20-7-5-4-6-8-20/h4-17,25H,18H2,1-3H3/b16-11+. The second-order valence-corrected chi connectivity index (χ2v) is 7.67. The topological polar surface area (TPSA) is 51.1 Å². The van der Waals surface area contributed by atoms with Crippen molar-refractivity contribution in [1.29, 1.82) is 0 Å². The van der Waals surface area contributed by atoms with Crippen LogP contribution in [0.3, 0.4) is 0 Å². The number of amides is 1. The van der Waals surface area contributed by atoms with Crippen LogP contribution in [0.1, 0.15) is 34.7 Å². The summed E-state index contributed by atoms with van der Waals surface area (Å²) < 4.78 is 10.9. The molecule has 0 aromatic heterocycles. The predicted molar refractivity (Wildman–Crippen MR) is 127 cm³/mol. The summed E-state index contributed by atoms with van der Waals surface area (Å²) in [5, 5.41) is 6.32. The van der Waals surface area contributed by atoms with E-state index in [4.69, 9.17) is 14.6 Å². The van der Waals surface area contributed by atoms with Gasteiger partial charge in [0.15, 0.2) is 0 Å². The van der Waals surface area contributed by atoms with Gasteiger partial charge in [-0.1, -0.05) is 60.2 Å². The van der Waals surface area contributed by atoms with E-state index in [1.54, 1.807) is 25.3 Å². The predicted octanol–water partition coefficient (Wildman–Crippen LogP) is 5.40. The summed E-state index contributed by atoms with van der Waals surface area (Å²) in [5.41, 5.74) is 4.84. The van der Waals surface area contributed by atoms with Crippen LogP contribution < -0.4 is 9.47 Å². The van der Waals surface area contributed by atoms with Crippen LogP contribution in [-0.4, -0.2) is 30.8 Å². The first-order valence-corrected chi connectivity index (χ1v) is 10.5. The fraction of sp³-hybridized carbons (Fsp3) is 0.185. The van der Waals surface area contributed by atoms with Crippen LogP contribution in [0.2, 0.25) is 0 Å². The summed E-state index contributed by atoms with van der Waals surface area (Å²) in [5.74, 6) is 1.21. The maximum absolute atomic E-state index is 13.2. The molecule has 1 unspecified atom stereocenters. The number of nitrogens with zero attached hydrogens (tertiary/aromatic N) is 2. The van der Waals surface area contributed by atoms with Gasteiger partial charge in [-0.25, -0.2) is 5.01 Å². The van der Waals surface area contributed by atoms with E-state index >= 15 is 0 Å². The van der Waals surface area contributed by atoms with Gasteiger partial charge in [0.1, 0.15) is 11.5 Å². The van der Waals surface area contributed by atoms with Crippen molar-refractivity contribution in [2.45, 2.75) is 19.4 Å². The van der Waals surface area contributed by atoms with E-state index in [0.717, 1.165) is 22.4 Å². The van der Waals surface area contributed by atoms with Crippen molar-refractivity contribution in [2.75, 3.05) is 14.2 Å². The van der Waals surface area contributed by atoms with Crippen LogP contribution in [0.25, 0.3) is 6.08 Å². The molecule has 1 heterocycles. The molecule has 0 radical (unpaired) electrons. The van der Waals surface area contributed by atoms with E-state index in [1.165, 1.54) is 5.56 Å². The molecule has 0 saturated heterocycles. The fourth-order valence-corrected chi connectivity index (χ4v) is 3.77. The van der Waals surface area contributed by atoms with E-state index < -0.39 is 0 Å². The van der Waals surface area contributed by atoms with E-state index in [1.807, 2.05) is 61.5 Å². The SMILES string of the molecule is COc1ccc(C2=NN(C(=O)/C=C/c3ccccc3)C(c3ccc(C)cc3)C2)c(OC)c1. The van der Waals surface area contributed by atoms with Gasteiger partial charge in [-0.05, 0) is 36.3 Å². The van der Waals surface area contributed by atoms with E-state index in [0.29, 0.717) is 17.9 Å². The molecule has 1 aliphatic heterocycles. The Morgan fingerprint density at radius 1 is 1.00 bits per heavy atom. The van der Waals surface area contributed by atoms with Crippen molar-refractivity contribution < 1.29 is 14.3 Å². The van der Waals surface area contributed by atoms with Crippen molar-refractivity contribution in [2.24, 2.45) is 5.10 Å². The summed E-state index contributed by atoms with van der Waals surface area (Å²) in [6.45, 7) is 2.05. The van der Waals surface area contributed by atoms with Crippen LogP contribution in [0.15, 0.2) is 84.0 Å². The zero-order valence-corrected chi connectivity index (χ0v) is 18.5. The summed E-state index contributed by atoms with van der Waals surface area (Å²) in [6.07, 6.45) is 3.99. The van der Waals surface area contributed by atoms with Crippen LogP contribution in [0.4, 0.5) is 0 Å². The molecule has 0 saturated carbocycles. The van der Waals surface area contributed by atoms with Gasteiger partial charge in [-0.15, -0.1) is 0 Å². The smallest absolute Gasteiger partial charge is 0.267 e. The molecular weight excluding hydrogens is 400 g/mol. The van der Waals surface area contributed by atoms with Crippen molar-refractivity contribution >= 4 is 17.7 Å². The number of aryl methyl sites for hydroxylation is 1. The van der Waals surface area contributed by atoms with Gasteiger partial charge in [-0.3, -0.25) is 4.79 Å². The molecule has 5 heteroatoms. The Morgan fingerprint density at radius 3 is 2.44 bits per heavy atom. The van der Waals surface area contributed by atoms with E-state index in [2.05, 4.69) is 24.3 Å². The summed E-state index contributed by atoms with van der Waals surface area (Å²) in [6, 6.07) is 23.4. The van der Waals surface area contributed by atoms with Crippen molar-refractivity contribution in [3.8, 4) is 11.5 Å². The van der Waals surface area contributed by atoms with Crippen LogP contribution in [0.5, 0.6) is 11.5 Å². The van der Waals surface area contributed by atoms with Gasteiger partial charge in [0.25, 0.3) is 5.91 Å². The molecule has 3 aromatic carbocycles. The molecule has 32 heavy (non-hydrogen) atoms. The highest BCUT2D eigenvalue weighted by molar-refractivity contribution is 6.06. The van der Waals surface area contributed by atoms with Gasteiger partial charge in [0.05, 0.1) is 26.0 Å². The molecule has 162 valence electrons. The Kier molecular flexibility index (Phi) is 6.36. The molecule has 0 fully saturated rings. The second kappa shape index (κ2) is 9.52. The van der Waals surface area contributed by atoms with Crippen molar-refractivity contribution in [1.82, 2.24) is 5.01 Å². The minimum atomic E-state index is -0.190. The maximum atomic E-state index is 13.2. The zero-order chi connectivity index (χ0) is 22.5. The molecule has 5 nitrogen and oxygen atoms in total. The Labute approximate surface area is 188 Å². The number of carbonyl (C=O) groups is 1. The molecule has 3 aromatic rings. The van der Waals surface area contributed by atoms with Crippen LogP contribution in [0, 0.1) is 6.92 Å². The quantitative estimate of drug-likeness (QED) is 0.496. The number of ether oxygens (including phenoxy) is 2. The van der Waals surface area contributed by atoms with E-state index in [-0.39, 0.29) is 11.9 Å². The average molecular weight is 427 g/mol. The summed E-state index contributed by atoms with van der Waals surface area (Å²) in [7, 11) is 3.24. The fourth-order valence-electron chi connectivity index (χ4n) is 3.77. The summed E-state index contributed by atoms with van der Waals surface area (Å²) >= 11 is 0. The normalized spacial score (nSPS) is 15.7. The Morgan fingerprint density at radius 2 is 1.75 bits per heavy atom. The van der Waals surface area contributed by atoms with Crippen LogP contribution in [-0.2, 0) is 4.79 Å². The number of benzene rings is 3. The zero-order valence-electron chi connectivity index (χ0n) is 18.5. The number of rotatable bonds is 6. The molecule has 0 N–H and O–H groups in total. The molecule has 1 aliphatic rings. The highest BCUT2D eigenvalue weighted by Crippen LogP contribution is 2.36. The second-order valence-electron chi connectivity index (χ2n) is 7.67. The lowest BCUT2D eigenvalue weighted by molar-refractivity contribution is -0.127. The average Bonchev–Trinajstić information content (AvgIpc) is 3.28. The third-order valence-corrected chi connectivity index (χ3v) is 5.54.